The van der Waals surface area contributed by atoms with Gasteiger partial charge >= 0.3 is 0 Å². The average molecular weight is 252 g/mol. The van der Waals surface area contributed by atoms with Crippen molar-refractivity contribution in [1.82, 2.24) is 10.2 Å². The molecule has 1 N–H and O–H groups in total. The quantitative estimate of drug-likeness (QED) is 0.826. The highest BCUT2D eigenvalue weighted by molar-refractivity contribution is 4.81. The molecule has 0 radical (unpaired) electrons. The van der Waals surface area contributed by atoms with Crippen molar-refractivity contribution in [3.8, 4) is 0 Å². The lowest BCUT2D eigenvalue weighted by Crippen LogP contribution is -2.44. The van der Waals surface area contributed by atoms with E-state index >= 15 is 0 Å². The summed E-state index contributed by atoms with van der Waals surface area (Å²) in [6.07, 6.45) is 8.44. The van der Waals surface area contributed by atoms with E-state index in [0.29, 0.717) is 5.41 Å². The van der Waals surface area contributed by atoms with Crippen molar-refractivity contribution in [1.29, 1.82) is 0 Å². The summed E-state index contributed by atoms with van der Waals surface area (Å²) < 4.78 is 0. The van der Waals surface area contributed by atoms with Gasteiger partial charge in [-0.2, -0.15) is 0 Å². The molecule has 106 valence electrons. The van der Waals surface area contributed by atoms with Crippen LogP contribution in [0.25, 0.3) is 0 Å². The average Bonchev–Trinajstić information content (AvgIpc) is 2.28. The van der Waals surface area contributed by atoms with Crippen LogP contribution < -0.4 is 5.32 Å². The van der Waals surface area contributed by atoms with E-state index in [1.54, 1.807) is 0 Å². The largest absolute Gasteiger partial charge is 0.313 e. The van der Waals surface area contributed by atoms with Gasteiger partial charge in [0.05, 0.1) is 0 Å². The van der Waals surface area contributed by atoms with Crippen LogP contribution in [-0.4, -0.2) is 37.1 Å². The Hall–Kier alpha value is -0.0800. The molecular weight excluding hydrogens is 220 g/mol. The third kappa shape index (κ3) is 4.55. The molecule has 1 saturated carbocycles. The Kier molecular flexibility index (Phi) is 5.08. The Morgan fingerprint density at radius 2 is 2.06 bits per heavy atom. The Morgan fingerprint density at radius 3 is 2.78 bits per heavy atom. The zero-order chi connectivity index (χ0) is 13.0. The van der Waals surface area contributed by atoms with Crippen molar-refractivity contribution in [2.75, 3.05) is 26.2 Å². The lowest BCUT2D eigenvalue weighted by molar-refractivity contribution is 0.116. The predicted molar refractivity (Wildman–Crippen MR) is 78.9 cm³/mol. The SMILES string of the molecule is CC1CCCC(NCCN2CCCC(C)(C)C2)C1. The maximum Gasteiger partial charge on any atom is 0.0107 e. The minimum absolute atomic E-state index is 0.539. The second kappa shape index (κ2) is 6.38. The molecule has 2 rings (SSSR count). The van der Waals surface area contributed by atoms with Crippen molar-refractivity contribution in [2.45, 2.75) is 65.3 Å². The van der Waals surface area contributed by atoms with Gasteiger partial charge in [-0.3, -0.25) is 0 Å². The maximum absolute atomic E-state index is 3.78. The predicted octanol–water partition coefficient (Wildman–Crippen LogP) is 3.28. The fraction of sp³-hybridized carbons (Fsp3) is 1.00. The van der Waals surface area contributed by atoms with Gasteiger partial charge in [0, 0.05) is 25.7 Å². The summed E-state index contributed by atoms with van der Waals surface area (Å²) in [5.74, 6) is 0.935. The molecule has 2 aliphatic rings. The Morgan fingerprint density at radius 1 is 1.22 bits per heavy atom. The first-order valence-electron chi connectivity index (χ1n) is 8.01. The first kappa shape index (κ1) is 14.3. The lowest BCUT2D eigenvalue weighted by Gasteiger charge is -2.38. The smallest absolute Gasteiger partial charge is 0.0107 e. The summed E-state index contributed by atoms with van der Waals surface area (Å²) in [6.45, 7) is 12.3. The Balaban J connectivity index is 1.63. The molecule has 0 aromatic heterocycles. The van der Waals surface area contributed by atoms with Gasteiger partial charge in [0.1, 0.15) is 0 Å². The standard InChI is InChI=1S/C16H32N2/c1-14-6-4-7-15(12-14)17-9-11-18-10-5-8-16(2,3)13-18/h14-15,17H,4-13H2,1-3H3. The van der Waals surface area contributed by atoms with E-state index in [-0.39, 0.29) is 0 Å². The molecule has 1 heterocycles. The van der Waals surface area contributed by atoms with Crippen LogP contribution in [0.2, 0.25) is 0 Å². The highest BCUT2D eigenvalue weighted by Crippen LogP contribution is 2.28. The van der Waals surface area contributed by atoms with Crippen molar-refractivity contribution >= 4 is 0 Å². The molecule has 1 aliphatic heterocycles. The molecule has 2 fully saturated rings. The normalized spacial score (nSPS) is 33.5. The van der Waals surface area contributed by atoms with Crippen molar-refractivity contribution in [2.24, 2.45) is 11.3 Å². The van der Waals surface area contributed by atoms with E-state index in [4.69, 9.17) is 0 Å². The highest BCUT2D eigenvalue weighted by atomic mass is 15.2. The third-order valence-corrected chi connectivity index (χ3v) is 4.78. The molecule has 1 saturated heterocycles. The number of hydrogen-bond acceptors (Lipinski definition) is 2. The molecule has 18 heavy (non-hydrogen) atoms. The number of piperidine rings is 1. The molecule has 2 nitrogen and oxygen atoms in total. The van der Waals surface area contributed by atoms with Crippen LogP contribution in [0.3, 0.4) is 0 Å². The van der Waals surface area contributed by atoms with Gasteiger partial charge in [0.15, 0.2) is 0 Å². The number of likely N-dealkylation sites (tertiary alicyclic amines) is 1. The fourth-order valence-corrected chi connectivity index (χ4v) is 3.78. The van der Waals surface area contributed by atoms with E-state index in [1.165, 1.54) is 64.7 Å². The molecule has 0 aromatic carbocycles. The maximum atomic E-state index is 3.78. The van der Waals surface area contributed by atoms with Crippen molar-refractivity contribution < 1.29 is 0 Å². The van der Waals surface area contributed by atoms with Crippen molar-refractivity contribution in [3.63, 3.8) is 0 Å². The van der Waals surface area contributed by atoms with E-state index in [0.717, 1.165) is 12.0 Å². The molecule has 0 amide bonds. The monoisotopic (exact) mass is 252 g/mol. The molecule has 0 spiro atoms. The summed E-state index contributed by atoms with van der Waals surface area (Å²) >= 11 is 0. The van der Waals surface area contributed by atoms with Crippen LogP contribution in [0.5, 0.6) is 0 Å². The van der Waals surface area contributed by atoms with Gasteiger partial charge < -0.3 is 10.2 Å². The Bertz CT molecular complexity index is 249. The van der Waals surface area contributed by atoms with Crippen LogP contribution in [-0.2, 0) is 0 Å². The van der Waals surface area contributed by atoms with Crippen LogP contribution in [0.4, 0.5) is 0 Å². The second-order valence-electron chi connectivity index (χ2n) is 7.47. The third-order valence-electron chi connectivity index (χ3n) is 4.78. The summed E-state index contributed by atoms with van der Waals surface area (Å²) in [7, 11) is 0. The molecule has 1 aliphatic carbocycles. The molecule has 2 heteroatoms. The van der Waals surface area contributed by atoms with Gasteiger partial charge in [-0.25, -0.2) is 0 Å². The molecular formula is C16H32N2. The first-order valence-corrected chi connectivity index (χ1v) is 8.01. The minimum Gasteiger partial charge on any atom is -0.313 e. The van der Waals surface area contributed by atoms with E-state index in [2.05, 4.69) is 31.0 Å². The zero-order valence-electron chi connectivity index (χ0n) is 12.7. The van der Waals surface area contributed by atoms with Gasteiger partial charge in [-0.1, -0.05) is 33.6 Å². The number of nitrogens with one attached hydrogen (secondary N) is 1. The van der Waals surface area contributed by atoms with Gasteiger partial charge in [0.25, 0.3) is 0 Å². The van der Waals surface area contributed by atoms with Crippen LogP contribution in [0.15, 0.2) is 0 Å². The summed E-state index contributed by atoms with van der Waals surface area (Å²) in [5, 5.41) is 3.78. The highest BCUT2D eigenvalue weighted by Gasteiger charge is 2.26. The van der Waals surface area contributed by atoms with E-state index in [1.807, 2.05) is 0 Å². The van der Waals surface area contributed by atoms with Gasteiger partial charge in [0.2, 0.25) is 0 Å². The number of hydrogen-bond donors (Lipinski definition) is 1. The molecule has 0 bridgehead atoms. The molecule has 2 unspecified atom stereocenters. The summed E-state index contributed by atoms with van der Waals surface area (Å²) in [4.78, 5) is 2.66. The zero-order valence-corrected chi connectivity index (χ0v) is 12.7. The second-order valence-corrected chi connectivity index (χ2v) is 7.47. The molecule has 2 atom stereocenters. The van der Waals surface area contributed by atoms with Crippen LogP contribution in [0.1, 0.15) is 59.3 Å². The summed E-state index contributed by atoms with van der Waals surface area (Å²) in [6, 6.07) is 0.798. The number of rotatable bonds is 4. The van der Waals surface area contributed by atoms with Gasteiger partial charge in [-0.05, 0) is 43.6 Å². The van der Waals surface area contributed by atoms with Crippen LogP contribution >= 0.6 is 0 Å². The fourth-order valence-electron chi connectivity index (χ4n) is 3.78. The molecule has 0 aromatic rings. The first-order chi connectivity index (χ1) is 8.55. The number of nitrogens with zero attached hydrogens (tertiary/aromatic N) is 1. The lowest BCUT2D eigenvalue weighted by atomic mass is 9.84. The van der Waals surface area contributed by atoms with Crippen molar-refractivity contribution in [3.05, 3.63) is 0 Å². The topological polar surface area (TPSA) is 15.3 Å². The minimum atomic E-state index is 0.539. The summed E-state index contributed by atoms with van der Waals surface area (Å²) in [5.41, 5.74) is 0.539. The Labute approximate surface area is 114 Å². The van der Waals surface area contributed by atoms with E-state index < -0.39 is 0 Å². The van der Waals surface area contributed by atoms with Crippen LogP contribution in [0, 0.1) is 11.3 Å². The van der Waals surface area contributed by atoms with E-state index in [9.17, 15) is 0 Å². The van der Waals surface area contributed by atoms with Gasteiger partial charge in [-0.15, -0.1) is 0 Å².